The van der Waals surface area contributed by atoms with Gasteiger partial charge in [0, 0.05) is 9.85 Å². The van der Waals surface area contributed by atoms with Crippen molar-refractivity contribution < 1.29 is 27.1 Å². The molecule has 0 radical (unpaired) electrons. The number of nitrogens with zero attached hydrogens (tertiary/aromatic N) is 2. The molecule has 0 spiro atoms. The number of esters is 1. The summed E-state index contributed by atoms with van der Waals surface area (Å²) in [5.41, 5.74) is 2.79. The second kappa shape index (κ2) is 12.0. The maximum Gasteiger partial charge on any atom is 0.357 e. The normalized spacial score (nSPS) is 11.4. The molecule has 0 aliphatic rings. The van der Waals surface area contributed by atoms with Crippen LogP contribution in [0.4, 0.5) is 4.39 Å². The van der Waals surface area contributed by atoms with E-state index in [-0.39, 0.29) is 18.8 Å². The molecule has 0 fully saturated rings. The lowest BCUT2D eigenvalue weighted by Gasteiger charge is -2.16. The molecule has 3 aromatic carbocycles. The Balaban J connectivity index is 1.71. The summed E-state index contributed by atoms with van der Waals surface area (Å²) in [5, 5.41) is 7.30. The Kier molecular flexibility index (Phi) is 8.36. The van der Waals surface area contributed by atoms with Crippen molar-refractivity contribution in [2.24, 2.45) is 5.14 Å². The zero-order valence-electron chi connectivity index (χ0n) is 21.6. The number of sulfonamides is 1. The summed E-state index contributed by atoms with van der Waals surface area (Å²) in [5.74, 6) is -0.540. The highest BCUT2D eigenvalue weighted by Crippen LogP contribution is 2.42. The molecule has 210 valence electrons. The maximum atomic E-state index is 14.8. The Bertz CT molecular complexity index is 1840. The number of aromatic nitrogens is 2. The minimum atomic E-state index is -4.23. The number of hydrogen-bond donors (Lipinski definition) is 1. The molecule has 0 unspecified atom stereocenters. The molecule has 0 aliphatic carbocycles. The van der Waals surface area contributed by atoms with Crippen LogP contribution in [0, 0.1) is 5.82 Å². The first-order valence-corrected chi connectivity index (χ1v) is 15.5. The van der Waals surface area contributed by atoms with Crippen molar-refractivity contribution in [2.75, 3.05) is 6.61 Å². The molecular formula is C29H23BrFN3O5S2. The van der Waals surface area contributed by atoms with E-state index in [1.165, 1.54) is 17.4 Å². The smallest absolute Gasteiger partial charge is 0.357 e. The van der Waals surface area contributed by atoms with Gasteiger partial charge in [-0.15, -0.1) is 11.3 Å². The Labute approximate surface area is 248 Å². The SMILES string of the molecule is CCOC(=O)c1csc(-c2cc(-c3cccc(Br)c3)n(Cc3ccc(S(N)(=O)=O)c(F)c3)c2Oc2ccccc2)n1. The molecule has 5 aromatic rings. The molecule has 0 amide bonds. The molecule has 5 rings (SSSR count). The van der Waals surface area contributed by atoms with E-state index in [9.17, 15) is 17.6 Å². The largest absolute Gasteiger partial charge is 0.461 e. The van der Waals surface area contributed by atoms with E-state index in [1.54, 1.807) is 24.4 Å². The molecule has 0 saturated heterocycles. The monoisotopic (exact) mass is 655 g/mol. The van der Waals surface area contributed by atoms with Gasteiger partial charge in [0.25, 0.3) is 0 Å². The van der Waals surface area contributed by atoms with Crippen LogP contribution in [0.15, 0.2) is 93.6 Å². The summed E-state index contributed by atoms with van der Waals surface area (Å²) in [6.07, 6.45) is 0. The number of carbonyl (C=O) groups excluding carboxylic acids is 1. The predicted octanol–water partition coefficient (Wildman–Crippen LogP) is 6.84. The van der Waals surface area contributed by atoms with Crippen molar-refractivity contribution in [1.29, 1.82) is 0 Å². The number of primary sulfonamides is 1. The summed E-state index contributed by atoms with van der Waals surface area (Å²) in [6, 6.07) is 22.4. The summed E-state index contributed by atoms with van der Waals surface area (Å²) < 4.78 is 52.6. The Morgan fingerprint density at radius 2 is 1.85 bits per heavy atom. The highest BCUT2D eigenvalue weighted by molar-refractivity contribution is 9.10. The van der Waals surface area contributed by atoms with Crippen molar-refractivity contribution >= 4 is 43.3 Å². The maximum absolute atomic E-state index is 14.8. The van der Waals surface area contributed by atoms with Gasteiger partial charge in [0.2, 0.25) is 15.9 Å². The van der Waals surface area contributed by atoms with Crippen LogP contribution < -0.4 is 9.88 Å². The Hall–Kier alpha value is -3.84. The van der Waals surface area contributed by atoms with Crippen molar-refractivity contribution in [3.05, 3.63) is 106 Å². The fourth-order valence-corrected chi connectivity index (χ4v) is 5.97. The highest BCUT2D eigenvalue weighted by Gasteiger charge is 2.24. The third-order valence-corrected chi connectivity index (χ3v) is 8.30. The number of rotatable bonds is 9. The number of benzene rings is 3. The minimum absolute atomic E-state index is 0.113. The number of carbonyl (C=O) groups is 1. The van der Waals surface area contributed by atoms with Crippen LogP contribution in [0.2, 0.25) is 0 Å². The minimum Gasteiger partial charge on any atom is -0.461 e. The number of ether oxygens (including phenoxy) is 2. The summed E-state index contributed by atoms with van der Waals surface area (Å²) in [6.45, 7) is 2.06. The van der Waals surface area contributed by atoms with Crippen LogP contribution in [-0.4, -0.2) is 30.5 Å². The molecule has 0 aliphatic heterocycles. The fraction of sp³-hybridized carbons (Fsp3) is 0.103. The highest BCUT2D eigenvalue weighted by atomic mass is 79.9. The standard InChI is InChI=1S/C29H23BrFN3O5S2/c1-2-38-29(35)24-17-40-27(33-24)22-15-25(19-7-6-8-20(30)14-19)34(28(22)39-21-9-4-3-5-10-21)16-18-11-12-26(23(31)13-18)41(32,36)37/h3-15,17H,2,16H2,1H3,(H2,32,36,37). The lowest BCUT2D eigenvalue weighted by molar-refractivity contribution is 0.0520. The van der Waals surface area contributed by atoms with Gasteiger partial charge in [0.1, 0.15) is 21.5 Å². The lowest BCUT2D eigenvalue weighted by Crippen LogP contribution is -2.14. The van der Waals surface area contributed by atoms with Crippen molar-refractivity contribution in [3.8, 4) is 33.5 Å². The summed E-state index contributed by atoms with van der Waals surface area (Å²) >= 11 is 4.78. The zero-order valence-corrected chi connectivity index (χ0v) is 24.8. The number of halogens is 2. The fourth-order valence-electron chi connectivity index (χ4n) is 4.19. The van der Waals surface area contributed by atoms with Gasteiger partial charge in [-0.3, -0.25) is 0 Å². The van der Waals surface area contributed by atoms with E-state index < -0.39 is 26.7 Å². The quantitative estimate of drug-likeness (QED) is 0.174. The molecule has 0 bridgehead atoms. The van der Waals surface area contributed by atoms with E-state index in [2.05, 4.69) is 20.9 Å². The first-order chi connectivity index (χ1) is 19.6. The summed E-state index contributed by atoms with van der Waals surface area (Å²) in [4.78, 5) is 16.3. The van der Waals surface area contributed by atoms with E-state index in [0.717, 1.165) is 27.9 Å². The third-order valence-electron chi connectivity index (χ3n) is 5.99. The molecule has 0 saturated carbocycles. The van der Waals surface area contributed by atoms with E-state index in [4.69, 9.17) is 14.6 Å². The van der Waals surface area contributed by atoms with Crippen LogP contribution >= 0.6 is 27.3 Å². The molecule has 2 aromatic heterocycles. The molecule has 12 heteroatoms. The number of nitrogens with two attached hydrogens (primary N) is 1. The first kappa shape index (κ1) is 28.7. The third kappa shape index (κ3) is 6.41. The van der Waals surface area contributed by atoms with Gasteiger partial charge in [0.15, 0.2) is 5.69 Å². The summed E-state index contributed by atoms with van der Waals surface area (Å²) in [7, 11) is -4.23. The average Bonchev–Trinajstić information content (AvgIpc) is 3.55. The van der Waals surface area contributed by atoms with Crippen LogP contribution in [0.25, 0.3) is 21.8 Å². The number of thiazole rings is 1. The van der Waals surface area contributed by atoms with E-state index in [1.807, 2.05) is 53.1 Å². The van der Waals surface area contributed by atoms with Crippen LogP contribution in [0.1, 0.15) is 23.0 Å². The van der Waals surface area contributed by atoms with Crippen molar-refractivity contribution in [1.82, 2.24) is 9.55 Å². The van der Waals surface area contributed by atoms with E-state index >= 15 is 0 Å². The van der Waals surface area contributed by atoms with Gasteiger partial charge in [-0.05, 0) is 60.5 Å². The number of hydrogen-bond acceptors (Lipinski definition) is 7. The van der Waals surface area contributed by atoms with Crippen LogP contribution in [0.5, 0.6) is 11.6 Å². The molecule has 41 heavy (non-hydrogen) atoms. The van der Waals surface area contributed by atoms with Crippen molar-refractivity contribution in [3.63, 3.8) is 0 Å². The van der Waals surface area contributed by atoms with E-state index in [0.29, 0.717) is 27.8 Å². The van der Waals surface area contributed by atoms with Crippen molar-refractivity contribution in [2.45, 2.75) is 18.4 Å². The van der Waals surface area contributed by atoms with Crippen LogP contribution in [-0.2, 0) is 21.3 Å². The van der Waals surface area contributed by atoms with Gasteiger partial charge in [-0.2, -0.15) is 0 Å². The molecule has 2 heterocycles. The van der Waals surface area contributed by atoms with Gasteiger partial charge >= 0.3 is 5.97 Å². The second-order valence-electron chi connectivity index (χ2n) is 8.83. The molecular weight excluding hydrogens is 633 g/mol. The number of para-hydroxylation sites is 1. The predicted molar refractivity (Wildman–Crippen MR) is 158 cm³/mol. The second-order valence-corrected chi connectivity index (χ2v) is 12.1. The molecule has 8 nitrogen and oxygen atoms in total. The Morgan fingerprint density at radius 3 is 2.54 bits per heavy atom. The Morgan fingerprint density at radius 1 is 1.07 bits per heavy atom. The molecule has 0 atom stereocenters. The first-order valence-electron chi connectivity index (χ1n) is 12.3. The van der Waals surface area contributed by atoms with Gasteiger partial charge in [-0.25, -0.2) is 27.7 Å². The van der Waals surface area contributed by atoms with Crippen LogP contribution in [0.3, 0.4) is 0 Å². The average molecular weight is 657 g/mol. The topological polar surface area (TPSA) is 114 Å². The van der Waals surface area contributed by atoms with Gasteiger partial charge in [-0.1, -0.05) is 52.3 Å². The zero-order chi connectivity index (χ0) is 29.1. The molecule has 2 N–H and O–H groups in total. The lowest BCUT2D eigenvalue weighted by atomic mass is 10.1. The van der Waals surface area contributed by atoms with Gasteiger partial charge < -0.3 is 14.0 Å². The van der Waals surface area contributed by atoms with Gasteiger partial charge in [0.05, 0.1) is 24.4 Å².